The lowest BCUT2D eigenvalue weighted by atomic mass is 10.1. The van der Waals surface area contributed by atoms with Crippen molar-refractivity contribution >= 4 is 0 Å². The first-order valence-electron chi connectivity index (χ1n) is 10.4. The van der Waals surface area contributed by atoms with Crippen molar-refractivity contribution in [2.24, 2.45) is 0 Å². The van der Waals surface area contributed by atoms with Crippen molar-refractivity contribution in [3.05, 3.63) is 95.6 Å². The normalized spacial score (nSPS) is 11.8. The van der Waals surface area contributed by atoms with Gasteiger partial charge in [0.05, 0.1) is 6.61 Å². The Morgan fingerprint density at radius 2 is 1.48 bits per heavy atom. The van der Waals surface area contributed by atoms with E-state index < -0.39 is 0 Å². The fraction of sp³-hybridized carbons (Fsp3) is 0.308. The van der Waals surface area contributed by atoms with Crippen LogP contribution in [-0.2, 0) is 19.6 Å². The third-order valence-electron chi connectivity index (χ3n) is 4.94. The fourth-order valence-corrected chi connectivity index (χ4v) is 3.28. The van der Waals surface area contributed by atoms with Crippen LogP contribution in [0.2, 0.25) is 0 Å². The zero-order chi connectivity index (χ0) is 20.3. The summed E-state index contributed by atoms with van der Waals surface area (Å²) in [6.07, 6.45) is 2.17. The Morgan fingerprint density at radius 1 is 0.793 bits per heavy atom. The van der Waals surface area contributed by atoms with Crippen molar-refractivity contribution in [3.63, 3.8) is 0 Å². The summed E-state index contributed by atoms with van der Waals surface area (Å²) in [5, 5.41) is 3.64. The number of ether oxygens (including phenoxy) is 2. The number of para-hydroxylation sites is 1. The van der Waals surface area contributed by atoms with Crippen molar-refractivity contribution in [2.75, 3.05) is 6.61 Å². The van der Waals surface area contributed by atoms with Gasteiger partial charge < -0.3 is 14.8 Å². The molecule has 0 heterocycles. The van der Waals surface area contributed by atoms with Crippen LogP contribution in [0.1, 0.15) is 37.0 Å². The van der Waals surface area contributed by atoms with E-state index in [2.05, 4.69) is 60.8 Å². The molecule has 3 aromatic rings. The topological polar surface area (TPSA) is 30.5 Å². The van der Waals surface area contributed by atoms with Crippen molar-refractivity contribution in [3.8, 4) is 11.5 Å². The third-order valence-corrected chi connectivity index (χ3v) is 4.94. The highest BCUT2D eigenvalue weighted by atomic mass is 16.5. The molecule has 0 aromatic heterocycles. The molecule has 1 atom stereocenters. The fourth-order valence-electron chi connectivity index (χ4n) is 3.28. The highest BCUT2D eigenvalue weighted by Crippen LogP contribution is 2.32. The van der Waals surface area contributed by atoms with Gasteiger partial charge in [-0.05, 0) is 43.9 Å². The van der Waals surface area contributed by atoms with Crippen molar-refractivity contribution in [2.45, 2.75) is 45.9 Å². The van der Waals surface area contributed by atoms with Crippen LogP contribution in [0.4, 0.5) is 0 Å². The van der Waals surface area contributed by atoms with Crippen molar-refractivity contribution < 1.29 is 9.47 Å². The van der Waals surface area contributed by atoms with E-state index in [4.69, 9.17) is 9.47 Å². The number of hydrogen-bond acceptors (Lipinski definition) is 3. The number of rotatable bonds is 11. The molecule has 0 bridgehead atoms. The molecule has 0 saturated carbocycles. The molecule has 0 radical (unpaired) electrons. The molecule has 0 amide bonds. The Kier molecular flexibility index (Phi) is 8.14. The van der Waals surface area contributed by atoms with E-state index in [0.29, 0.717) is 19.3 Å². The predicted octanol–water partition coefficient (Wildman–Crippen LogP) is 5.78. The quantitative estimate of drug-likeness (QED) is 0.451. The van der Waals surface area contributed by atoms with Gasteiger partial charge in [0.1, 0.15) is 6.61 Å². The summed E-state index contributed by atoms with van der Waals surface area (Å²) in [5.41, 5.74) is 3.65. The largest absolute Gasteiger partial charge is 0.490 e. The monoisotopic (exact) mass is 389 g/mol. The van der Waals surface area contributed by atoms with Crippen LogP contribution in [-0.4, -0.2) is 12.6 Å². The minimum atomic E-state index is 0.410. The first-order chi connectivity index (χ1) is 14.3. The lowest BCUT2D eigenvalue weighted by Gasteiger charge is -2.19. The summed E-state index contributed by atoms with van der Waals surface area (Å²) in [6, 6.07) is 27.4. The van der Waals surface area contributed by atoms with E-state index in [9.17, 15) is 0 Å². The number of hydrogen-bond donors (Lipinski definition) is 1. The Hall–Kier alpha value is -2.78. The zero-order valence-corrected chi connectivity index (χ0v) is 17.4. The average molecular weight is 390 g/mol. The maximum atomic E-state index is 6.20. The van der Waals surface area contributed by atoms with Gasteiger partial charge in [0.25, 0.3) is 0 Å². The van der Waals surface area contributed by atoms with Crippen LogP contribution in [0.5, 0.6) is 11.5 Å². The van der Waals surface area contributed by atoms with Crippen molar-refractivity contribution in [1.29, 1.82) is 0 Å². The van der Waals surface area contributed by atoms with Crippen molar-refractivity contribution in [1.82, 2.24) is 5.32 Å². The third kappa shape index (κ3) is 6.65. The van der Waals surface area contributed by atoms with Gasteiger partial charge in [-0.1, -0.05) is 72.8 Å². The molecular weight excluding hydrogens is 358 g/mol. The summed E-state index contributed by atoms with van der Waals surface area (Å²) < 4.78 is 12.0. The van der Waals surface area contributed by atoms with Gasteiger partial charge in [0, 0.05) is 18.2 Å². The SMILES string of the molecule is CCOc1cccc(CNC(C)CCc2ccccc2)c1OCc1ccccc1. The average Bonchev–Trinajstić information content (AvgIpc) is 2.77. The zero-order valence-electron chi connectivity index (χ0n) is 17.4. The second-order valence-electron chi connectivity index (χ2n) is 7.26. The first kappa shape index (κ1) is 20.9. The van der Waals surface area contributed by atoms with Gasteiger partial charge in [-0.15, -0.1) is 0 Å². The van der Waals surface area contributed by atoms with Crippen LogP contribution in [0.25, 0.3) is 0 Å². The summed E-state index contributed by atoms with van der Waals surface area (Å²) in [4.78, 5) is 0. The Bertz CT molecular complexity index is 849. The first-order valence-corrected chi connectivity index (χ1v) is 10.4. The highest BCUT2D eigenvalue weighted by molar-refractivity contribution is 5.46. The molecule has 0 saturated heterocycles. The molecule has 0 aliphatic rings. The smallest absolute Gasteiger partial charge is 0.166 e. The Balaban J connectivity index is 1.61. The molecule has 0 aliphatic heterocycles. The molecule has 3 nitrogen and oxygen atoms in total. The molecular formula is C26H31NO2. The van der Waals surface area contributed by atoms with Crippen LogP contribution in [0.15, 0.2) is 78.9 Å². The summed E-state index contributed by atoms with van der Waals surface area (Å²) >= 11 is 0. The van der Waals surface area contributed by atoms with Gasteiger partial charge in [-0.2, -0.15) is 0 Å². The summed E-state index contributed by atoms with van der Waals surface area (Å²) in [7, 11) is 0. The molecule has 1 N–H and O–H groups in total. The van der Waals surface area contributed by atoms with E-state index in [0.717, 1.165) is 42.0 Å². The second kappa shape index (κ2) is 11.3. The van der Waals surface area contributed by atoms with Crippen LogP contribution in [0.3, 0.4) is 0 Å². The minimum Gasteiger partial charge on any atom is -0.490 e. The number of benzene rings is 3. The predicted molar refractivity (Wildman–Crippen MR) is 119 cm³/mol. The molecule has 0 spiro atoms. The molecule has 1 unspecified atom stereocenters. The van der Waals surface area contributed by atoms with E-state index in [1.807, 2.05) is 37.3 Å². The van der Waals surface area contributed by atoms with Crippen LogP contribution < -0.4 is 14.8 Å². The number of aryl methyl sites for hydroxylation is 1. The van der Waals surface area contributed by atoms with E-state index in [-0.39, 0.29) is 0 Å². The molecule has 3 aromatic carbocycles. The highest BCUT2D eigenvalue weighted by Gasteiger charge is 2.12. The van der Waals surface area contributed by atoms with Gasteiger partial charge in [0.2, 0.25) is 0 Å². The molecule has 3 heteroatoms. The molecule has 3 rings (SSSR count). The Labute approximate surface area is 174 Å². The molecule has 29 heavy (non-hydrogen) atoms. The summed E-state index contributed by atoms with van der Waals surface area (Å²) in [6.45, 7) is 6.13. The van der Waals surface area contributed by atoms with Gasteiger partial charge in [-0.3, -0.25) is 0 Å². The van der Waals surface area contributed by atoms with Gasteiger partial charge in [-0.25, -0.2) is 0 Å². The summed E-state index contributed by atoms with van der Waals surface area (Å²) in [5.74, 6) is 1.64. The van der Waals surface area contributed by atoms with E-state index >= 15 is 0 Å². The van der Waals surface area contributed by atoms with Crippen LogP contribution in [0, 0.1) is 0 Å². The van der Waals surface area contributed by atoms with E-state index in [1.165, 1.54) is 5.56 Å². The molecule has 0 fully saturated rings. The Morgan fingerprint density at radius 3 is 2.17 bits per heavy atom. The lowest BCUT2D eigenvalue weighted by Crippen LogP contribution is -2.26. The van der Waals surface area contributed by atoms with Gasteiger partial charge in [0.15, 0.2) is 11.5 Å². The lowest BCUT2D eigenvalue weighted by molar-refractivity contribution is 0.265. The number of nitrogens with one attached hydrogen (secondary N) is 1. The maximum Gasteiger partial charge on any atom is 0.166 e. The maximum absolute atomic E-state index is 6.20. The molecule has 0 aliphatic carbocycles. The van der Waals surface area contributed by atoms with Gasteiger partial charge >= 0.3 is 0 Å². The van der Waals surface area contributed by atoms with Crippen LogP contribution >= 0.6 is 0 Å². The minimum absolute atomic E-state index is 0.410. The molecule has 152 valence electrons. The van der Waals surface area contributed by atoms with E-state index in [1.54, 1.807) is 0 Å². The second-order valence-corrected chi connectivity index (χ2v) is 7.26. The standard InChI is InChI=1S/C26H31NO2/c1-3-28-25-16-10-15-24(26(25)29-20-23-13-8-5-9-14-23)19-27-21(2)17-18-22-11-6-4-7-12-22/h4-16,21,27H,3,17-20H2,1-2H3.